The highest BCUT2D eigenvalue weighted by Crippen LogP contribution is 2.28. The topological polar surface area (TPSA) is 107 Å². The molecule has 0 radical (unpaired) electrons. The molecule has 0 amide bonds. The summed E-state index contributed by atoms with van der Waals surface area (Å²) in [6, 6.07) is 14.7. The molecule has 0 fully saturated rings. The second-order valence-electron chi connectivity index (χ2n) is 7.53. The van der Waals surface area contributed by atoms with Crippen LogP contribution in [-0.2, 0) is 19.1 Å². The van der Waals surface area contributed by atoms with E-state index >= 15 is 0 Å². The van der Waals surface area contributed by atoms with E-state index in [2.05, 4.69) is 25.0 Å². The van der Waals surface area contributed by atoms with Gasteiger partial charge in [-0.25, -0.2) is 18.8 Å². The second-order valence-corrected chi connectivity index (χ2v) is 7.53. The summed E-state index contributed by atoms with van der Waals surface area (Å²) in [5.41, 5.74) is 0.464. The van der Waals surface area contributed by atoms with E-state index in [1.807, 2.05) is 0 Å². The van der Waals surface area contributed by atoms with Crippen molar-refractivity contribution >= 4 is 17.9 Å². The number of carbonyl (C=O) groups is 3. The summed E-state index contributed by atoms with van der Waals surface area (Å²) in [5.74, 6) is 3.70. The maximum atomic E-state index is 14.7. The third kappa shape index (κ3) is 8.49. The zero-order chi connectivity index (χ0) is 28.9. The van der Waals surface area contributed by atoms with Gasteiger partial charge in [0.25, 0.3) is 0 Å². The lowest BCUT2D eigenvalue weighted by atomic mass is 10.1. The molecule has 0 unspecified atom stereocenters. The summed E-state index contributed by atoms with van der Waals surface area (Å²) in [7, 11) is 1.51. The molecular weight excluding hydrogens is 523 g/mol. The fourth-order valence-corrected chi connectivity index (χ4v) is 2.95. The van der Waals surface area contributed by atoms with Crippen LogP contribution in [0.1, 0.15) is 21.5 Å². The molecule has 0 aliphatic rings. The first-order valence-corrected chi connectivity index (χ1v) is 11.5. The maximum absolute atomic E-state index is 14.7. The molecule has 10 heteroatoms. The van der Waals surface area contributed by atoms with Crippen LogP contribution in [0.5, 0.6) is 23.0 Å². The van der Waals surface area contributed by atoms with Crippen LogP contribution in [0.15, 0.2) is 86.0 Å². The molecular formula is C30H23FO9. The monoisotopic (exact) mass is 546 g/mol. The predicted molar refractivity (Wildman–Crippen MR) is 140 cm³/mol. The van der Waals surface area contributed by atoms with Crippen LogP contribution in [0.4, 0.5) is 4.39 Å². The number of benzene rings is 3. The van der Waals surface area contributed by atoms with Gasteiger partial charge in [0, 0.05) is 23.3 Å². The molecule has 0 saturated heterocycles. The molecule has 3 aromatic rings. The molecule has 0 bridgehead atoms. The van der Waals surface area contributed by atoms with E-state index in [1.165, 1.54) is 43.5 Å². The summed E-state index contributed by atoms with van der Waals surface area (Å²) >= 11 is 0. The van der Waals surface area contributed by atoms with E-state index in [1.54, 1.807) is 18.2 Å². The van der Waals surface area contributed by atoms with Gasteiger partial charge in [-0.1, -0.05) is 25.0 Å². The average Bonchev–Trinajstić information content (AvgIpc) is 2.97. The molecule has 0 spiro atoms. The number of hydrogen-bond donors (Lipinski definition) is 0. The van der Waals surface area contributed by atoms with Gasteiger partial charge in [0.05, 0.1) is 12.7 Å². The van der Waals surface area contributed by atoms with Crippen molar-refractivity contribution in [1.82, 2.24) is 0 Å². The van der Waals surface area contributed by atoms with E-state index in [0.717, 1.165) is 18.2 Å². The molecule has 0 aromatic heterocycles. The Balaban J connectivity index is 1.74. The largest absolute Gasteiger partial charge is 0.497 e. The Hall–Kier alpha value is -5.56. The molecule has 3 rings (SSSR count). The average molecular weight is 547 g/mol. The molecule has 0 heterocycles. The molecule has 0 aliphatic carbocycles. The maximum Gasteiger partial charge on any atom is 0.346 e. The number of halogens is 1. The summed E-state index contributed by atoms with van der Waals surface area (Å²) in [4.78, 5) is 34.9. The van der Waals surface area contributed by atoms with Crippen LogP contribution in [0.2, 0.25) is 0 Å². The quantitative estimate of drug-likeness (QED) is 0.112. The highest BCUT2D eigenvalue weighted by atomic mass is 19.1. The predicted octanol–water partition coefficient (Wildman–Crippen LogP) is 4.58. The van der Waals surface area contributed by atoms with Crippen molar-refractivity contribution in [2.75, 3.05) is 20.7 Å². The molecule has 0 N–H and O–H groups in total. The third-order valence-electron chi connectivity index (χ3n) is 4.92. The molecule has 204 valence electrons. The fraction of sp³-hybridized carbons (Fsp3) is 0.100. The zero-order valence-electron chi connectivity index (χ0n) is 21.3. The molecule has 9 nitrogen and oxygen atoms in total. The minimum absolute atomic E-state index is 0.126. The van der Waals surface area contributed by atoms with Crippen molar-refractivity contribution < 1.29 is 47.2 Å². The Labute approximate surface area is 229 Å². The number of methoxy groups -OCH3 is 1. The standard InChI is InChI=1S/C30H23FO9/c1-4-28(32)38-18-36-26-15-9-21(17-27(26)37-19-39-29(33)5-2)7-6-20-8-14-24(25(31)16-20)30(34)40-23-12-10-22(35-3)11-13-23/h4-5,8-17H,1-2,18-19H2,3H3. The van der Waals surface area contributed by atoms with Crippen LogP contribution in [0.3, 0.4) is 0 Å². The van der Waals surface area contributed by atoms with E-state index in [0.29, 0.717) is 11.3 Å². The summed E-state index contributed by atoms with van der Waals surface area (Å²) in [6.45, 7) is 5.71. The molecule has 40 heavy (non-hydrogen) atoms. The van der Waals surface area contributed by atoms with Gasteiger partial charge in [-0.05, 0) is 60.7 Å². The number of hydrogen-bond acceptors (Lipinski definition) is 9. The summed E-state index contributed by atoms with van der Waals surface area (Å²) in [6.07, 6.45) is 1.95. The normalized spacial score (nSPS) is 9.75. The van der Waals surface area contributed by atoms with Crippen molar-refractivity contribution in [3.63, 3.8) is 0 Å². The Morgan fingerprint density at radius 1 is 0.775 bits per heavy atom. The number of rotatable bonds is 11. The third-order valence-corrected chi connectivity index (χ3v) is 4.92. The van der Waals surface area contributed by atoms with E-state index < -0.39 is 37.3 Å². The van der Waals surface area contributed by atoms with Gasteiger partial charge < -0.3 is 28.4 Å². The number of esters is 3. The first-order chi connectivity index (χ1) is 19.3. The molecule has 0 aliphatic heterocycles. The van der Waals surface area contributed by atoms with Gasteiger partial charge >= 0.3 is 17.9 Å². The minimum atomic E-state index is -0.865. The summed E-state index contributed by atoms with van der Waals surface area (Å²) in [5, 5.41) is 0. The van der Waals surface area contributed by atoms with Gasteiger partial charge in [-0.2, -0.15) is 0 Å². The lowest BCUT2D eigenvalue weighted by Gasteiger charge is -2.12. The second kappa shape index (κ2) is 14.4. The van der Waals surface area contributed by atoms with Crippen molar-refractivity contribution in [3.8, 4) is 34.8 Å². The lowest BCUT2D eigenvalue weighted by molar-refractivity contribution is -0.146. The smallest absolute Gasteiger partial charge is 0.346 e. The van der Waals surface area contributed by atoms with Crippen molar-refractivity contribution in [1.29, 1.82) is 0 Å². The summed E-state index contributed by atoms with van der Waals surface area (Å²) < 4.78 is 45.4. The van der Waals surface area contributed by atoms with Crippen LogP contribution in [-0.4, -0.2) is 38.6 Å². The van der Waals surface area contributed by atoms with Crippen LogP contribution in [0, 0.1) is 17.7 Å². The molecule has 0 saturated carbocycles. The highest BCUT2D eigenvalue weighted by molar-refractivity contribution is 5.91. The Bertz CT molecular complexity index is 1470. The van der Waals surface area contributed by atoms with E-state index in [9.17, 15) is 18.8 Å². The Morgan fingerprint density at radius 2 is 1.32 bits per heavy atom. The SMILES string of the molecule is C=CC(=O)OCOc1ccc(C#Cc2ccc(C(=O)Oc3ccc(OC)cc3)c(F)c2)cc1OCOC(=O)C=C. The van der Waals surface area contributed by atoms with Crippen LogP contribution >= 0.6 is 0 Å². The van der Waals surface area contributed by atoms with Gasteiger partial charge in [0.15, 0.2) is 11.5 Å². The highest BCUT2D eigenvalue weighted by Gasteiger charge is 2.15. The van der Waals surface area contributed by atoms with Gasteiger partial charge in [0.2, 0.25) is 13.6 Å². The van der Waals surface area contributed by atoms with Gasteiger partial charge in [0.1, 0.15) is 17.3 Å². The Kier molecular flexibility index (Phi) is 10.4. The number of ether oxygens (including phenoxy) is 6. The van der Waals surface area contributed by atoms with Crippen LogP contribution < -0.4 is 18.9 Å². The van der Waals surface area contributed by atoms with E-state index in [4.69, 9.17) is 28.4 Å². The zero-order valence-corrected chi connectivity index (χ0v) is 21.3. The van der Waals surface area contributed by atoms with Gasteiger partial charge in [-0.15, -0.1) is 0 Å². The van der Waals surface area contributed by atoms with Gasteiger partial charge in [-0.3, -0.25) is 0 Å². The fourth-order valence-electron chi connectivity index (χ4n) is 2.95. The van der Waals surface area contributed by atoms with Crippen molar-refractivity contribution in [2.45, 2.75) is 0 Å². The van der Waals surface area contributed by atoms with Crippen molar-refractivity contribution in [3.05, 3.63) is 108 Å². The van der Waals surface area contributed by atoms with E-state index in [-0.39, 0.29) is 28.4 Å². The van der Waals surface area contributed by atoms with Crippen molar-refractivity contribution in [2.24, 2.45) is 0 Å². The molecule has 0 atom stereocenters. The minimum Gasteiger partial charge on any atom is -0.497 e. The Morgan fingerprint density at radius 3 is 1.90 bits per heavy atom. The van der Waals surface area contributed by atoms with Crippen LogP contribution in [0.25, 0.3) is 0 Å². The first kappa shape index (κ1) is 29.0. The number of carbonyl (C=O) groups excluding carboxylic acids is 3. The first-order valence-electron chi connectivity index (χ1n) is 11.5. The lowest BCUT2D eigenvalue weighted by Crippen LogP contribution is -2.11. The molecule has 3 aromatic carbocycles.